The molecule has 0 aliphatic heterocycles. The van der Waals surface area contributed by atoms with E-state index in [4.69, 9.17) is 5.73 Å². The summed E-state index contributed by atoms with van der Waals surface area (Å²) < 4.78 is 0. The molecule has 0 aliphatic rings. The smallest absolute Gasteiger partial charge is 0.0467 e. The summed E-state index contributed by atoms with van der Waals surface area (Å²) in [7, 11) is 2.16. The molecule has 0 saturated carbocycles. The minimum atomic E-state index is 0.307. The van der Waals surface area contributed by atoms with Gasteiger partial charge in [-0.05, 0) is 36.7 Å². The Balaban J connectivity index is 2.13. The van der Waals surface area contributed by atoms with Crippen LogP contribution >= 0.6 is 0 Å². The molecule has 0 fully saturated rings. The number of nitrogens with zero attached hydrogens (tertiary/aromatic N) is 1. The fraction of sp³-hybridized carbons (Fsp3) is 0.368. The Morgan fingerprint density at radius 3 is 2.14 bits per heavy atom. The van der Waals surface area contributed by atoms with Gasteiger partial charge in [0, 0.05) is 12.6 Å². The lowest BCUT2D eigenvalue weighted by Gasteiger charge is -2.27. The average molecular weight is 282 g/mol. The highest BCUT2D eigenvalue weighted by atomic mass is 15.1. The Kier molecular flexibility index (Phi) is 5.97. The van der Waals surface area contributed by atoms with E-state index in [0.29, 0.717) is 12.6 Å². The molecule has 0 spiro atoms. The molecule has 0 bridgehead atoms. The first-order chi connectivity index (χ1) is 10.3. The normalized spacial score (nSPS) is 12.6. The van der Waals surface area contributed by atoms with Crippen molar-refractivity contribution in [1.82, 2.24) is 4.90 Å². The standard InChI is InChI=1S/C19H26N2/c1-3-4-14-21(2)19(15-20)18-12-10-17(11-13-18)16-8-6-5-7-9-16/h5-13,19H,3-4,14-15,20H2,1-2H3. The largest absolute Gasteiger partial charge is 0.329 e. The van der Waals surface area contributed by atoms with Gasteiger partial charge in [-0.1, -0.05) is 67.9 Å². The van der Waals surface area contributed by atoms with Crippen LogP contribution in [0.1, 0.15) is 31.4 Å². The number of nitrogens with two attached hydrogens (primary N) is 1. The average Bonchev–Trinajstić information content (AvgIpc) is 2.55. The molecule has 0 radical (unpaired) electrons. The zero-order chi connectivity index (χ0) is 15.1. The van der Waals surface area contributed by atoms with E-state index in [1.165, 1.54) is 29.5 Å². The first kappa shape index (κ1) is 15.7. The van der Waals surface area contributed by atoms with Gasteiger partial charge >= 0.3 is 0 Å². The molecule has 2 heteroatoms. The molecular weight excluding hydrogens is 256 g/mol. The van der Waals surface area contributed by atoms with Gasteiger partial charge in [0.15, 0.2) is 0 Å². The van der Waals surface area contributed by atoms with Crippen LogP contribution in [0.2, 0.25) is 0 Å². The van der Waals surface area contributed by atoms with Crippen molar-refractivity contribution in [1.29, 1.82) is 0 Å². The monoisotopic (exact) mass is 282 g/mol. The minimum absolute atomic E-state index is 0.307. The van der Waals surface area contributed by atoms with Gasteiger partial charge in [-0.25, -0.2) is 0 Å². The number of likely N-dealkylation sites (N-methyl/N-ethyl adjacent to an activating group) is 1. The van der Waals surface area contributed by atoms with E-state index in [1.54, 1.807) is 0 Å². The third kappa shape index (κ3) is 4.16. The van der Waals surface area contributed by atoms with E-state index in [1.807, 2.05) is 6.07 Å². The molecule has 2 aromatic carbocycles. The summed E-state index contributed by atoms with van der Waals surface area (Å²) in [4.78, 5) is 2.36. The Morgan fingerprint density at radius 2 is 1.57 bits per heavy atom. The van der Waals surface area contributed by atoms with E-state index in [-0.39, 0.29) is 0 Å². The van der Waals surface area contributed by atoms with E-state index in [0.717, 1.165) is 6.54 Å². The van der Waals surface area contributed by atoms with E-state index in [9.17, 15) is 0 Å². The molecule has 0 aliphatic carbocycles. The van der Waals surface area contributed by atoms with E-state index >= 15 is 0 Å². The predicted molar refractivity (Wildman–Crippen MR) is 91.2 cm³/mol. The number of hydrogen-bond donors (Lipinski definition) is 1. The van der Waals surface area contributed by atoms with Crippen LogP contribution in [-0.4, -0.2) is 25.0 Å². The summed E-state index contributed by atoms with van der Waals surface area (Å²) in [6, 6.07) is 19.6. The first-order valence-electron chi connectivity index (χ1n) is 7.82. The highest BCUT2D eigenvalue weighted by molar-refractivity contribution is 5.63. The van der Waals surface area contributed by atoms with Gasteiger partial charge in [-0.3, -0.25) is 4.90 Å². The maximum Gasteiger partial charge on any atom is 0.0467 e. The molecular formula is C19H26N2. The molecule has 21 heavy (non-hydrogen) atoms. The molecule has 1 atom stereocenters. The van der Waals surface area contributed by atoms with Gasteiger partial charge in [0.1, 0.15) is 0 Å². The summed E-state index contributed by atoms with van der Waals surface area (Å²) in [6.07, 6.45) is 2.43. The van der Waals surface area contributed by atoms with Crippen LogP contribution in [0.25, 0.3) is 11.1 Å². The summed E-state index contributed by atoms with van der Waals surface area (Å²) >= 11 is 0. The highest BCUT2D eigenvalue weighted by Crippen LogP contribution is 2.24. The second-order valence-electron chi connectivity index (χ2n) is 5.57. The lowest BCUT2D eigenvalue weighted by atomic mass is 10.00. The molecule has 2 aromatic rings. The fourth-order valence-electron chi connectivity index (χ4n) is 2.66. The molecule has 0 saturated heterocycles. The minimum Gasteiger partial charge on any atom is -0.329 e. The molecule has 112 valence electrons. The SMILES string of the molecule is CCCCN(C)C(CN)c1ccc(-c2ccccc2)cc1. The summed E-state index contributed by atoms with van der Waals surface area (Å²) in [6.45, 7) is 3.98. The van der Waals surface area contributed by atoms with Crippen LogP contribution in [0.4, 0.5) is 0 Å². The summed E-state index contributed by atoms with van der Waals surface area (Å²) in [5.41, 5.74) is 9.80. The zero-order valence-corrected chi connectivity index (χ0v) is 13.1. The van der Waals surface area contributed by atoms with Crippen molar-refractivity contribution in [2.45, 2.75) is 25.8 Å². The second-order valence-corrected chi connectivity index (χ2v) is 5.57. The molecule has 0 amide bonds. The van der Waals surface area contributed by atoms with Crippen molar-refractivity contribution in [3.05, 3.63) is 60.2 Å². The zero-order valence-electron chi connectivity index (χ0n) is 13.1. The maximum absolute atomic E-state index is 5.98. The third-order valence-electron chi connectivity index (χ3n) is 4.02. The summed E-state index contributed by atoms with van der Waals surface area (Å²) in [5, 5.41) is 0. The molecule has 2 rings (SSSR count). The van der Waals surface area contributed by atoms with Gasteiger partial charge in [0.05, 0.1) is 0 Å². The predicted octanol–water partition coefficient (Wildman–Crippen LogP) is 4.09. The Labute approximate surface area is 128 Å². The number of benzene rings is 2. The van der Waals surface area contributed by atoms with Gasteiger partial charge in [-0.2, -0.15) is 0 Å². The van der Waals surface area contributed by atoms with Crippen molar-refractivity contribution in [3.63, 3.8) is 0 Å². The van der Waals surface area contributed by atoms with Gasteiger partial charge < -0.3 is 5.73 Å². The van der Waals surface area contributed by atoms with E-state index in [2.05, 4.69) is 67.4 Å². The van der Waals surface area contributed by atoms with E-state index < -0.39 is 0 Å². The summed E-state index contributed by atoms with van der Waals surface area (Å²) in [5.74, 6) is 0. The van der Waals surface area contributed by atoms with Crippen LogP contribution in [-0.2, 0) is 0 Å². The third-order valence-corrected chi connectivity index (χ3v) is 4.02. The van der Waals surface area contributed by atoms with Gasteiger partial charge in [-0.15, -0.1) is 0 Å². The highest BCUT2D eigenvalue weighted by Gasteiger charge is 2.14. The van der Waals surface area contributed by atoms with Crippen LogP contribution in [0.3, 0.4) is 0 Å². The first-order valence-corrected chi connectivity index (χ1v) is 7.82. The topological polar surface area (TPSA) is 29.3 Å². The Hall–Kier alpha value is -1.64. The van der Waals surface area contributed by atoms with Crippen molar-refractivity contribution in [2.24, 2.45) is 5.73 Å². The van der Waals surface area contributed by atoms with Crippen LogP contribution in [0.15, 0.2) is 54.6 Å². The van der Waals surface area contributed by atoms with Crippen molar-refractivity contribution in [3.8, 4) is 11.1 Å². The maximum atomic E-state index is 5.98. The van der Waals surface area contributed by atoms with Crippen molar-refractivity contribution >= 4 is 0 Å². The molecule has 2 N–H and O–H groups in total. The number of hydrogen-bond acceptors (Lipinski definition) is 2. The quantitative estimate of drug-likeness (QED) is 0.829. The molecule has 1 unspecified atom stereocenters. The lowest BCUT2D eigenvalue weighted by molar-refractivity contribution is 0.246. The molecule has 0 aromatic heterocycles. The number of unbranched alkanes of at least 4 members (excludes halogenated alkanes) is 1. The van der Waals surface area contributed by atoms with Crippen LogP contribution in [0, 0.1) is 0 Å². The second kappa shape index (κ2) is 7.96. The Bertz CT molecular complexity index is 519. The number of rotatable bonds is 7. The van der Waals surface area contributed by atoms with Gasteiger partial charge in [0.25, 0.3) is 0 Å². The van der Waals surface area contributed by atoms with Crippen molar-refractivity contribution < 1.29 is 0 Å². The molecule has 0 heterocycles. The van der Waals surface area contributed by atoms with Crippen molar-refractivity contribution in [2.75, 3.05) is 20.1 Å². The van der Waals surface area contributed by atoms with Crippen LogP contribution in [0.5, 0.6) is 0 Å². The van der Waals surface area contributed by atoms with Crippen LogP contribution < -0.4 is 5.73 Å². The molecule has 2 nitrogen and oxygen atoms in total. The van der Waals surface area contributed by atoms with Gasteiger partial charge in [0.2, 0.25) is 0 Å². The Morgan fingerprint density at radius 1 is 0.952 bits per heavy atom. The fourth-order valence-corrected chi connectivity index (χ4v) is 2.66. The lowest BCUT2D eigenvalue weighted by Crippen LogP contribution is -2.31.